The normalized spacial score (nSPS) is 11.2. The van der Waals surface area contributed by atoms with Crippen molar-refractivity contribution in [2.75, 3.05) is 0 Å². The van der Waals surface area contributed by atoms with E-state index in [1.807, 2.05) is 39.4 Å². The topological polar surface area (TPSA) is 44.8 Å². The van der Waals surface area contributed by atoms with Gasteiger partial charge >= 0.3 is 5.69 Å². The fraction of sp³-hybridized carbons (Fsp3) is 0.455. The molecular weight excluding hydrogens is 204 g/mol. The van der Waals surface area contributed by atoms with E-state index < -0.39 is 0 Å². The van der Waals surface area contributed by atoms with Crippen molar-refractivity contribution in [3.8, 4) is 0 Å². The molecule has 0 unspecified atom stereocenters. The minimum Gasteiger partial charge on any atom is -0.297 e. The second kappa shape index (κ2) is 4.00. The molecule has 2 aromatic rings. The zero-order chi connectivity index (χ0) is 11.7. The van der Waals surface area contributed by atoms with Gasteiger partial charge in [-0.2, -0.15) is 5.10 Å². The Balaban J connectivity index is 2.26. The van der Waals surface area contributed by atoms with Crippen molar-refractivity contribution in [2.45, 2.75) is 26.4 Å². The second-order valence-electron chi connectivity index (χ2n) is 4.19. The van der Waals surface area contributed by atoms with Crippen molar-refractivity contribution in [1.82, 2.24) is 18.9 Å². The van der Waals surface area contributed by atoms with Gasteiger partial charge < -0.3 is 0 Å². The molecule has 86 valence electrons. The largest absolute Gasteiger partial charge is 0.328 e. The minimum atomic E-state index is 0.0145. The van der Waals surface area contributed by atoms with Crippen molar-refractivity contribution in [3.63, 3.8) is 0 Å². The summed E-state index contributed by atoms with van der Waals surface area (Å²) in [6.07, 6.45) is 5.49. The number of imidazole rings is 1. The van der Waals surface area contributed by atoms with Crippen LogP contribution in [0.3, 0.4) is 0 Å². The van der Waals surface area contributed by atoms with Crippen molar-refractivity contribution in [3.05, 3.63) is 40.8 Å². The van der Waals surface area contributed by atoms with Crippen LogP contribution in [0.25, 0.3) is 0 Å². The molecule has 0 spiro atoms. The summed E-state index contributed by atoms with van der Waals surface area (Å²) in [6.45, 7) is 4.51. The predicted molar refractivity (Wildman–Crippen MR) is 61.4 cm³/mol. The summed E-state index contributed by atoms with van der Waals surface area (Å²) >= 11 is 0. The molecule has 0 radical (unpaired) electrons. The van der Waals surface area contributed by atoms with Gasteiger partial charge in [0.05, 0.1) is 12.2 Å². The van der Waals surface area contributed by atoms with E-state index in [0.717, 1.165) is 5.69 Å². The lowest BCUT2D eigenvalue weighted by molar-refractivity contribution is 0.558. The number of rotatable bonds is 3. The number of hydrogen-bond acceptors (Lipinski definition) is 2. The molecular formula is C11H16N4O. The summed E-state index contributed by atoms with van der Waals surface area (Å²) in [5.41, 5.74) is 0.909. The Hall–Kier alpha value is -1.78. The highest BCUT2D eigenvalue weighted by atomic mass is 16.1. The number of nitrogens with zero attached hydrogens (tertiary/aromatic N) is 4. The summed E-state index contributed by atoms with van der Waals surface area (Å²) in [5.74, 6) is 0. The molecule has 5 nitrogen and oxygen atoms in total. The Labute approximate surface area is 93.9 Å². The quantitative estimate of drug-likeness (QED) is 0.775. The molecule has 2 heterocycles. The average Bonchev–Trinajstić information content (AvgIpc) is 2.76. The van der Waals surface area contributed by atoms with Crippen LogP contribution in [0.5, 0.6) is 0 Å². The van der Waals surface area contributed by atoms with Gasteiger partial charge in [-0.15, -0.1) is 0 Å². The zero-order valence-electron chi connectivity index (χ0n) is 9.79. The number of hydrogen-bond donors (Lipinski definition) is 0. The van der Waals surface area contributed by atoms with Crippen LogP contribution in [-0.4, -0.2) is 18.9 Å². The Bertz CT molecular complexity index is 532. The smallest absolute Gasteiger partial charge is 0.297 e. The molecule has 0 N–H and O–H groups in total. The molecule has 0 saturated heterocycles. The highest BCUT2D eigenvalue weighted by Gasteiger charge is 2.07. The molecule has 0 aliphatic heterocycles. The van der Waals surface area contributed by atoms with Gasteiger partial charge in [-0.05, 0) is 19.9 Å². The Morgan fingerprint density at radius 2 is 2.06 bits per heavy atom. The second-order valence-corrected chi connectivity index (χ2v) is 4.19. The summed E-state index contributed by atoms with van der Waals surface area (Å²) in [6, 6.07) is 2.11. The van der Waals surface area contributed by atoms with Gasteiger partial charge in [0.1, 0.15) is 0 Å². The first-order valence-corrected chi connectivity index (χ1v) is 5.33. The van der Waals surface area contributed by atoms with Crippen LogP contribution >= 0.6 is 0 Å². The molecule has 0 saturated carbocycles. The van der Waals surface area contributed by atoms with Crippen LogP contribution in [0.2, 0.25) is 0 Å². The third-order valence-corrected chi connectivity index (χ3v) is 2.53. The fourth-order valence-electron chi connectivity index (χ4n) is 1.66. The van der Waals surface area contributed by atoms with Crippen LogP contribution < -0.4 is 5.69 Å². The van der Waals surface area contributed by atoms with E-state index in [0.29, 0.717) is 6.54 Å². The number of aryl methyl sites for hydroxylation is 1. The molecule has 0 amide bonds. The first-order chi connectivity index (χ1) is 7.58. The highest BCUT2D eigenvalue weighted by molar-refractivity contribution is 5.00. The maximum atomic E-state index is 11.9. The molecule has 0 atom stereocenters. The Morgan fingerprint density at radius 3 is 2.56 bits per heavy atom. The molecule has 0 aliphatic rings. The predicted octanol–water partition coefficient (Wildman–Crippen LogP) is 1.01. The Kier molecular flexibility index (Phi) is 2.68. The lowest BCUT2D eigenvalue weighted by Crippen LogP contribution is -2.25. The van der Waals surface area contributed by atoms with Crippen LogP contribution in [0.4, 0.5) is 0 Å². The van der Waals surface area contributed by atoms with E-state index >= 15 is 0 Å². The summed E-state index contributed by atoms with van der Waals surface area (Å²) < 4.78 is 5.12. The van der Waals surface area contributed by atoms with Gasteiger partial charge in [-0.1, -0.05) is 0 Å². The van der Waals surface area contributed by atoms with Gasteiger partial charge in [0.15, 0.2) is 0 Å². The van der Waals surface area contributed by atoms with Crippen molar-refractivity contribution < 1.29 is 0 Å². The van der Waals surface area contributed by atoms with E-state index in [1.165, 1.54) is 0 Å². The SMILES string of the molecule is CC(C)n1ccn(Cc2ccn(C)n2)c1=O. The van der Waals surface area contributed by atoms with Crippen LogP contribution in [0.15, 0.2) is 29.5 Å². The molecule has 2 rings (SSSR count). The van der Waals surface area contributed by atoms with Gasteiger partial charge in [-0.25, -0.2) is 4.79 Å². The molecule has 2 aromatic heterocycles. The van der Waals surface area contributed by atoms with Crippen LogP contribution in [-0.2, 0) is 13.6 Å². The number of aromatic nitrogens is 4. The molecule has 0 aliphatic carbocycles. The van der Waals surface area contributed by atoms with E-state index in [4.69, 9.17) is 0 Å². The van der Waals surface area contributed by atoms with E-state index in [2.05, 4.69) is 5.10 Å². The zero-order valence-corrected chi connectivity index (χ0v) is 9.79. The van der Waals surface area contributed by atoms with Crippen molar-refractivity contribution in [1.29, 1.82) is 0 Å². The van der Waals surface area contributed by atoms with E-state index in [1.54, 1.807) is 20.0 Å². The monoisotopic (exact) mass is 220 g/mol. The maximum Gasteiger partial charge on any atom is 0.328 e. The molecule has 0 fully saturated rings. The first kappa shape index (κ1) is 10.7. The lowest BCUT2D eigenvalue weighted by atomic mass is 10.4. The minimum absolute atomic E-state index is 0.0145. The average molecular weight is 220 g/mol. The third-order valence-electron chi connectivity index (χ3n) is 2.53. The molecule has 5 heteroatoms. The highest BCUT2D eigenvalue weighted by Crippen LogP contribution is 2.01. The van der Waals surface area contributed by atoms with E-state index in [9.17, 15) is 4.79 Å². The van der Waals surface area contributed by atoms with Gasteiger partial charge in [0.2, 0.25) is 0 Å². The van der Waals surface area contributed by atoms with Gasteiger partial charge in [0.25, 0.3) is 0 Å². The molecule has 0 bridgehead atoms. The van der Waals surface area contributed by atoms with Gasteiger partial charge in [0, 0.05) is 31.7 Å². The lowest BCUT2D eigenvalue weighted by Gasteiger charge is -2.04. The summed E-state index contributed by atoms with van der Waals surface area (Å²) in [4.78, 5) is 11.9. The van der Waals surface area contributed by atoms with Crippen LogP contribution in [0, 0.1) is 0 Å². The van der Waals surface area contributed by atoms with Crippen molar-refractivity contribution in [2.24, 2.45) is 7.05 Å². The molecule has 0 aromatic carbocycles. The maximum absolute atomic E-state index is 11.9. The summed E-state index contributed by atoms with van der Waals surface area (Å²) in [5, 5.41) is 4.25. The fourth-order valence-corrected chi connectivity index (χ4v) is 1.66. The van der Waals surface area contributed by atoms with Crippen LogP contribution in [0.1, 0.15) is 25.6 Å². The third kappa shape index (κ3) is 1.93. The van der Waals surface area contributed by atoms with E-state index in [-0.39, 0.29) is 11.7 Å². The molecule has 16 heavy (non-hydrogen) atoms. The standard InChI is InChI=1S/C11H16N4O/c1-9(2)15-7-6-14(11(15)16)8-10-4-5-13(3)12-10/h4-7,9H,8H2,1-3H3. The first-order valence-electron chi connectivity index (χ1n) is 5.33. The van der Waals surface area contributed by atoms with Crippen molar-refractivity contribution >= 4 is 0 Å². The van der Waals surface area contributed by atoms with Gasteiger partial charge in [-0.3, -0.25) is 13.8 Å². The summed E-state index contributed by atoms with van der Waals surface area (Å²) in [7, 11) is 1.87. The Morgan fingerprint density at radius 1 is 1.31 bits per heavy atom.